The molecule has 0 aliphatic rings. The Morgan fingerprint density at radius 3 is 2.60 bits per heavy atom. The Morgan fingerprint density at radius 1 is 1.20 bits per heavy atom. The van der Waals surface area contributed by atoms with Gasteiger partial charge in [0.15, 0.2) is 11.5 Å². The van der Waals surface area contributed by atoms with Gasteiger partial charge in [-0.15, -0.1) is 11.3 Å². The maximum absolute atomic E-state index is 12.4. The molecule has 0 spiro atoms. The number of aryl methyl sites for hydroxylation is 1. The average Bonchev–Trinajstić information content (AvgIpc) is 3.14. The zero-order valence-electron chi connectivity index (χ0n) is 17.2. The minimum Gasteiger partial charge on any atom is -0.493 e. The van der Waals surface area contributed by atoms with Crippen LogP contribution in [0.2, 0.25) is 5.02 Å². The van der Waals surface area contributed by atoms with E-state index in [0.29, 0.717) is 16.5 Å². The van der Waals surface area contributed by atoms with Crippen molar-refractivity contribution in [2.45, 2.75) is 19.9 Å². The lowest BCUT2D eigenvalue weighted by Crippen LogP contribution is -2.24. The number of amides is 1. The van der Waals surface area contributed by atoms with Crippen LogP contribution < -0.4 is 14.8 Å². The monoisotopic (exact) mass is 442 g/mol. The standard InChI is InChI=1S/C23H23ClN2O3S/c1-14(22-15(2)26-23(30-22)17-8-6-5-7-9-17)25-20(27)11-10-16-12-18(24)21(29-4)19(13-16)28-3/h5-14H,1-4H3,(H,25,27)/b11-10+. The Bertz CT molecular complexity index is 1060. The van der Waals surface area contributed by atoms with Gasteiger partial charge in [-0.25, -0.2) is 4.98 Å². The van der Waals surface area contributed by atoms with Crippen LogP contribution in [0.25, 0.3) is 16.6 Å². The summed E-state index contributed by atoms with van der Waals surface area (Å²) in [4.78, 5) is 18.1. The number of aromatic nitrogens is 1. The first-order chi connectivity index (χ1) is 14.4. The van der Waals surface area contributed by atoms with E-state index >= 15 is 0 Å². The van der Waals surface area contributed by atoms with Crippen molar-refractivity contribution in [2.75, 3.05) is 14.2 Å². The third kappa shape index (κ3) is 5.01. The second kappa shape index (κ2) is 9.78. The first kappa shape index (κ1) is 21.9. The van der Waals surface area contributed by atoms with Crippen LogP contribution in [0.5, 0.6) is 11.5 Å². The number of hydrogen-bond acceptors (Lipinski definition) is 5. The van der Waals surface area contributed by atoms with Crippen LogP contribution in [0.3, 0.4) is 0 Å². The number of hydrogen-bond donors (Lipinski definition) is 1. The minimum absolute atomic E-state index is 0.161. The molecular formula is C23H23ClN2O3S. The smallest absolute Gasteiger partial charge is 0.244 e. The predicted octanol–water partition coefficient (Wildman–Crippen LogP) is 5.68. The van der Waals surface area contributed by atoms with Crippen molar-refractivity contribution in [1.29, 1.82) is 0 Å². The lowest BCUT2D eigenvalue weighted by atomic mass is 10.1. The number of methoxy groups -OCH3 is 2. The lowest BCUT2D eigenvalue weighted by molar-refractivity contribution is -0.117. The molecule has 0 bridgehead atoms. The molecule has 5 nitrogen and oxygen atoms in total. The third-order valence-corrected chi connectivity index (χ3v) is 6.16. The number of nitrogens with one attached hydrogen (secondary N) is 1. The molecule has 1 heterocycles. The molecule has 2 aromatic carbocycles. The summed E-state index contributed by atoms with van der Waals surface area (Å²) in [6.07, 6.45) is 3.16. The number of nitrogens with zero attached hydrogens (tertiary/aromatic N) is 1. The molecule has 1 N–H and O–H groups in total. The van der Waals surface area contributed by atoms with Crippen molar-refractivity contribution in [3.05, 3.63) is 69.7 Å². The molecule has 0 saturated heterocycles. The maximum atomic E-state index is 12.4. The molecule has 0 fully saturated rings. The highest BCUT2D eigenvalue weighted by atomic mass is 35.5. The first-order valence-corrected chi connectivity index (χ1v) is 10.5. The molecule has 0 aliphatic carbocycles. The summed E-state index contributed by atoms with van der Waals surface area (Å²) >= 11 is 7.81. The van der Waals surface area contributed by atoms with Crippen LogP contribution >= 0.6 is 22.9 Å². The van der Waals surface area contributed by atoms with Gasteiger partial charge in [-0.2, -0.15) is 0 Å². The van der Waals surface area contributed by atoms with Gasteiger partial charge < -0.3 is 14.8 Å². The SMILES string of the molecule is COc1cc(/C=C/C(=O)NC(C)c2sc(-c3ccccc3)nc2C)cc(Cl)c1OC. The van der Waals surface area contributed by atoms with Crippen LogP contribution in [0, 0.1) is 6.92 Å². The van der Waals surface area contributed by atoms with Crippen molar-refractivity contribution in [3.63, 3.8) is 0 Å². The molecule has 1 aromatic heterocycles. The van der Waals surface area contributed by atoms with Crippen LogP contribution in [-0.4, -0.2) is 25.1 Å². The molecule has 156 valence electrons. The number of carbonyl (C=O) groups is 1. The predicted molar refractivity (Wildman–Crippen MR) is 122 cm³/mol. The van der Waals surface area contributed by atoms with E-state index in [1.54, 1.807) is 29.5 Å². The lowest BCUT2D eigenvalue weighted by Gasteiger charge is -2.11. The number of halogens is 1. The van der Waals surface area contributed by atoms with Gasteiger partial charge in [-0.05, 0) is 37.6 Å². The highest BCUT2D eigenvalue weighted by Crippen LogP contribution is 2.36. The average molecular weight is 443 g/mol. The highest BCUT2D eigenvalue weighted by Gasteiger charge is 2.16. The first-order valence-electron chi connectivity index (χ1n) is 9.35. The topological polar surface area (TPSA) is 60.5 Å². The van der Waals surface area contributed by atoms with E-state index in [1.165, 1.54) is 20.3 Å². The van der Waals surface area contributed by atoms with Gasteiger partial charge >= 0.3 is 0 Å². The molecule has 3 aromatic rings. The summed E-state index contributed by atoms with van der Waals surface area (Å²) < 4.78 is 10.5. The normalized spacial score (nSPS) is 12.0. The molecule has 0 radical (unpaired) electrons. The summed E-state index contributed by atoms with van der Waals surface area (Å²) in [5.74, 6) is 0.763. The molecule has 7 heteroatoms. The molecule has 30 heavy (non-hydrogen) atoms. The summed E-state index contributed by atoms with van der Waals surface area (Å²) in [5.41, 5.74) is 2.73. The molecule has 3 rings (SSSR count). The number of rotatable bonds is 7. The maximum Gasteiger partial charge on any atom is 0.244 e. The van der Waals surface area contributed by atoms with Gasteiger partial charge in [0.05, 0.1) is 35.9 Å². The number of thiazole rings is 1. The van der Waals surface area contributed by atoms with Crippen molar-refractivity contribution < 1.29 is 14.3 Å². The zero-order valence-corrected chi connectivity index (χ0v) is 18.8. The van der Waals surface area contributed by atoms with Crippen LogP contribution in [-0.2, 0) is 4.79 Å². The zero-order chi connectivity index (χ0) is 21.7. The second-order valence-corrected chi connectivity index (χ2v) is 8.07. The minimum atomic E-state index is -0.206. The second-order valence-electron chi connectivity index (χ2n) is 6.64. The van der Waals surface area contributed by atoms with E-state index in [4.69, 9.17) is 21.1 Å². The Kier molecular flexibility index (Phi) is 7.13. The van der Waals surface area contributed by atoms with Gasteiger partial charge in [-0.1, -0.05) is 41.9 Å². The largest absolute Gasteiger partial charge is 0.493 e. The number of carbonyl (C=O) groups excluding carboxylic acids is 1. The molecule has 1 atom stereocenters. The van der Waals surface area contributed by atoms with Crippen LogP contribution in [0.1, 0.15) is 29.1 Å². The summed E-state index contributed by atoms with van der Waals surface area (Å²) in [7, 11) is 3.07. The molecule has 0 aliphatic heterocycles. The van der Waals surface area contributed by atoms with Crippen molar-refractivity contribution in [2.24, 2.45) is 0 Å². The van der Waals surface area contributed by atoms with Gasteiger partial charge in [-0.3, -0.25) is 4.79 Å². The fourth-order valence-electron chi connectivity index (χ4n) is 3.05. The Morgan fingerprint density at radius 2 is 1.93 bits per heavy atom. The van der Waals surface area contributed by atoms with Gasteiger partial charge in [0, 0.05) is 11.6 Å². The van der Waals surface area contributed by atoms with Crippen molar-refractivity contribution >= 4 is 34.9 Å². The summed E-state index contributed by atoms with van der Waals surface area (Å²) in [6.45, 7) is 3.91. The summed E-state index contributed by atoms with van der Waals surface area (Å²) in [5, 5.41) is 4.35. The van der Waals surface area contributed by atoms with Crippen LogP contribution in [0.15, 0.2) is 48.5 Å². The van der Waals surface area contributed by atoms with Crippen molar-refractivity contribution in [1.82, 2.24) is 10.3 Å². The molecule has 0 saturated carbocycles. The van der Waals surface area contributed by atoms with E-state index in [0.717, 1.165) is 26.7 Å². The fraction of sp³-hybridized carbons (Fsp3) is 0.217. The quantitative estimate of drug-likeness (QED) is 0.478. The van der Waals surface area contributed by atoms with Crippen LogP contribution in [0.4, 0.5) is 0 Å². The van der Waals surface area contributed by atoms with E-state index in [2.05, 4.69) is 10.3 Å². The fourth-order valence-corrected chi connectivity index (χ4v) is 4.42. The van der Waals surface area contributed by atoms with E-state index < -0.39 is 0 Å². The molecule has 1 amide bonds. The molecule has 1 unspecified atom stereocenters. The Labute approximate surface area is 185 Å². The van der Waals surface area contributed by atoms with E-state index in [-0.39, 0.29) is 11.9 Å². The Hall–Kier alpha value is -2.83. The van der Waals surface area contributed by atoms with E-state index in [9.17, 15) is 4.79 Å². The third-order valence-electron chi connectivity index (χ3n) is 4.49. The summed E-state index contributed by atoms with van der Waals surface area (Å²) in [6, 6.07) is 13.3. The Balaban J connectivity index is 1.71. The highest BCUT2D eigenvalue weighted by molar-refractivity contribution is 7.15. The number of ether oxygens (including phenoxy) is 2. The van der Waals surface area contributed by atoms with Crippen molar-refractivity contribution in [3.8, 4) is 22.1 Å². The van der Waals surface area contributed by atoms with Gasteiger partial charge in [0.1, 0.15) is 5.01 Å². The van der Waals surface area contributed by atoms with Gasteiger partial charge in [0.25, 0.3) is 0 Å². The van der Waals surface area contributed by atoms with E-state index in [1.807, 2.05) is 44.2 Å². The van der Waals surface area contributed by atoms with Gasteiger partial charge in [0.2, 0.25) is 5.91 Å². The number of benzene rings is 2. The molecular weight excluding hydrogens is 420 g/mol.